The van der Waals surface area contributed by atoms with Crippen LogP contribution in [-0.4, -0.2) is 18.5 Å². The summed E-state index contributed by atoms with van der Waals surface area (Å²) in [4.78, 5) is 24.8. The molecule has 4 nitrogen and oxygen atoms in total. The van der Waals surface area contributed by atoms with Crippen LogP contribution in [0.5, 0.6) is 0 Å². The molecule has 0 fully saturated rings. The Balaban J connectivity index is 1.69. The second-order valence-corrected chi connectivity index (χ2v) is 7.44. The fraction of sp³-hybridized carbons (Fsp3) is 0.273. The summed E-state index contributed by atoms with van der Waals surface area (Å²) in [5.41, 5.74) is 3.24. The van der Waals surface area contributed by atoms with Crippen LogP contribution in [-0.2, 0) is 20.7 Å². The van der Waals surface area contributed by atoms with Crippen LogP contribution in [0.2, 0.25) is 0 Å². The minimum Gasteiger partial charge on any atom is -0.462 e. The molecular weight excluding hydrogens is 406 g/mol. The van der Waals surface area contributed by atoms with Crippen LogP contribution in [0.25, 0.3) is 0 Å². The van der Waals surface area contributed by atoms with Gasteiger partial charge in [-0.05, 0) is 37.0 Å². The second-order valence-electron chi connectivity index (χ2n) is 6.59. The van der Waals surface area contributed by atoms with E-state index in [1.807, 2.05) is 42.5 Å². The maximum absolute atomic E-state index is 12.8. The molecule has 1 amide bonds. The largest absolute Gasteiger partial charge is 0.462 e. The van der Waals surface area contributed by atoms with Crippen molar-refractivity contribution in [3.05, 3.63) is 81.5 Å². The third kappa shape index (κ3) is 4.86. The molecule has 2 aromatic carbocycles. The molecule has 5 heteroatoms. The van der Waals surface area contributed by atoms with Gasteiger partial charge in [0.15, 0.2) is 0 Å². The second kappa shape index (κ2) is 9.00. The molecular formula is C22H22BrNO3. The van der Waals surface area contributed by atoms with Gasteiger partial charge >= 0.3 is 5.97 Å². The lowest BCUT2D eigenvalue weighted by Gasteiger charge is -2.27. The van der Waals surface area contributed by atoms with E-state index in [2.05, 4.69) is 33.4 Å². The van der Waals surface area contributed by atoms with E-state index in [0.29, 0.717) is 17.9 Å². The number of rotatable bonds is 6. The summed E-state index contributed by atoms with van der Waals surface area (Å²) in [6, 6.07) is 17.8. The van der Waals surface area contributed by atoms with Gasteiger partial charge in [-0.15, -0.1) is 0 Å². The van der Waals surface area contributed by atoms with Crippen LogP contribution >= 0.6 is 15.9 Å². The number of allylic oxidation sites excluding steroid dienone is 1. The van der Waals surface area contributed by atoms with Gasteiger partial charge in [0.25, 0.3) is 0 Å². The normalized spacial score (nSPS) is 16.8. The molecule has 0 saturated heterocycles. The van der Waals surface area contributed by atoms with Crippen LogP contribution in [0.4, 0.5) is 0 Å². The van der Waals surface area contributed by atoms with Gasteiger partial charge in [-0.2, -0.15) is 0 Å². The summed E-state index contributed by atoms with van der Waals surface area (Å²) < 4.78 is 6.42. The summed E-state index contributed by atoms with van der Waals surface area (Å²) in [5.74, 6) is -0.758. The maximum atomic E-state index is 12.8. The van der Waals surface area contributed by atoms with Gasteiger partial charge in [0, 0.05) is 22.5 Å². The first-order valence-corrected chi connectivity index (χ1v) is 9.81. The van der Waals surface area contributed by atoms with Crippen LogP contribution < -0.4 is 5.32 Å². The number of carbonyl (C=O) groups is 2. The van der Waals surface area contributed by atoms with Crippen LogP contribution in [0, 0.1) is 0 Å². The molecule has 1 atom stereocenters. The standard InChI is InChI=1S/C22H22BrNO3/c1-15-21(22(26)27-13-7-10-16-8-3-2-4-9-16)18(14-20(25)24-15)17-11-5-6-12-19(17)23/h2-6,8-9,11-12,18H,7,10,13-14H2,1H3,(H,24,25)/t18-/m0/s1. The van der Waals surface area contributed by atoms with Crippen LogP contribution in [0.15, 0.2) is 70.3 Å². The van der Waals surface area contributed by atoms with Gasteiger partial charge in [0.2, 0.25) is 5.91 Å². The lowest BCUT2D eigenvalue weighted by molar-refractivity contribution is -0.139. The number of hydrogen-bond donors (Lipinski definition) is 1. The summed E-state index contributed by atoms with van der Waals surface area (Å²) in [7, 11) is 0. The Bertz CT molecular complexity index is 861. The topological polar surface area (TPSA) is 55.4 Å². The highest BCUT2D eigenvalue weighted by Gasteiger charge is 2.33. The monoisotopic (exact) mass is 427 g/mol. The van der Waals surface area contributed by atoms with Crippen molar-refractivity contribution in [1.29, 1.82) is 0 Å². The smallest absolute Gasteiger partial charge is 0.336 e. The molecule has 0 aliphatic carbocycles. The number of benzene rings is 2. The maximum Gasteiger partial charge on any atom is 0.336 e. The molecule has 1 heterocycles. The Labute approximate surface area is 167 Å². The van der Waals surface area contributed by atoms with Crippen molar-refractivity contribution >= 4 is 27.8 Å². The zero-order chi connectivity index (χ0) is 19.2. The number of esters is 1. The molecule has 1 aliphatic heterocycles. The molecule has 1 aliphatic rings. The molecule has 2 aromatic rings. The van der Waals surface area contributed by atoms with Gasteiger partial charge < -0.3 is 10.1 Å². The number of nitrogens with one attached hydrogen (secondary N) is 1. The minimum atomic E-state index is -0.360. The number of aryl methyl sites for hydroxylation is 1. The Hall–Kier alpha value is -2.40. The molecule has 0 bridgehead atoms. The van der Waals surface area contributed by atoms with Crippen molar-refractivity contribution in [1.82, 2.24) is 5.32 Å². The van der Waals surface area contributed by atoms with Crippen molar-refractivity contribution in [2.24, 2.45) is 0 Å². The van der Waals surface area contributed by atoms with E-state index < -0.39 is 0 Å². The third-order valence-corrected chi connectivity index (χ3v) is 5.38. The van der Waals surface area contributed by atoms with Crippen molar-refractivity contribution in [2.45, 2.75) is 32.1 Å². The molecule has 1 N–H and O–H groups in total. The van der Waals surface area contributed by atoms with Crippen molar-refractivity contribution < 1.29 is 14.3 Å². The van der Waals surface area contributed by atoms with E-state index in [1.54, 1.807) is 6.92 Å². The zero-order valence-electron chi connectivity index (χ0n) is 15.2. The number of carbonyl (C=O) groups excluding carboxylic acids is 2. The van der Waals surface area contributed by atoms with E-state index in [4.69, 9.17) is 4.74 Å². The molecule has 0 radical (unpaired) electrons. The highest BCUT2D eigenvalue weighted by Crippen LogP contribution is 2.37. The Morgan fingerprint density at radius 1 is 1.15 bits per heavy atom. The van der Waals surface area contributed by atoms with Crippen molar-refractivity contribution in [3.63, 3.8) is 0 Å². The highest BCUT2D eigenvalue weighted by atomic mass is 79.9. The zero-order valence-corrected chi connectivity index (χ0v) is 16.8. The predicted octanol–water partition coefficient (Wildman–Crippen LogP) is 4.50. The van der Waals surface area contributed by atoms with E-state index >= 15 is 0 Å². The van der Waals surface area contributed by atoms with Crippen LogP contribution in [0.1, 0.15) is 36.8 Å². The lowest BCUT2D eigenvalue weighted by atomic mass is 9.84. The summed E-state index contributed by atoms with van der Waals surface area (Å²) in [5, 5.41) is 2.77. The quantitative estimate of drug-likeness (QED) is 0.545. The molecule has 27 heavy (non-hydrogen) atoms. The molecule has 140 valence electrons. The van der Waals surface area contributed by atoms with Crippen molar-refractivity contribution in [2.75, 3.05) is 6.61 Å². The number of ether oxygens (including phenoxy) is 1. The minimum absolute atomic E-state index is 0.0890. The first kappa shape index (κ1) is 19.4. The number of halogens is 1. The Kier molecular flexibility index (Phi) is 6.45. The van der Waals surface area contributed by atoms with Crippen LogP contribution in [0.3, 0.4) is 0 Å². The molecule has 0 aromatic heterocycles. The Morgan fingerprint density at radius 2 is 1.85 bits per heavy atom. The fourth-order valence-corrected chi connectivity index (χ4v) is 3.92. The SMILES string of the molecule is CC1=C(C(=O)OCCCc2ccccc2)[C@H](c2ccccc2Br)CC(=O)N1. The third-order valence-electron chi connectivity index (χ3n) is 4.66. The molecule has 0 spiro atoms. The van der Waals surface area contributed by atoms with E-state index in [-0.39, 0.29) is 24.2 Å². The first-order chi connectivity index (χ1) is 13.1. The van der Waals surface area contributed by atoms with Gasteiger partial charge in [-0.3, -0.25) is 4.79 Å². The average Bonchev–Trinajstić information content (AvgIpc) is 2.65. The van der Waals surface area contributed by atoms with Gasteiger partial charge in [-0.1, -0.05) is 64.5 Å². The number of hydrogen-bond acceptors (Lipinski definition) is 3. The highest BCUT2D eigenvalue weighted by molar-refractivity contribution is 9.10. The van der Waals surface area contributed by atoms with E-state index in [9.17, 15) is 9.59 Å². The van der Waals surface area contributed by atoms with E-state index in [0.717, 1.165) is 22.9 Å². The summed E-state index contributed by atoms with van der Waals surface area (Å²) in [6.45, 7) is 2.10. The van der Waals surface area contributed by atoms with Gasteiger partial charge in [0.05, 0.1) is 12.2 Å². The fourth-order valence-electron chi connectivity index (χ4n) is 3.36. The molecule has 0 saturated carbocycles. The predicted molar refractivity (Wildman–Crippen MR) is 108 cm³/mol. The van der Waals surface area contributed by atoms with Crippen molar-refractivity contribution in [3.8, 4) is 0 Å². The lowest BCUT2D eigenvalue weighted by Crippen LogP contribution is -2.34. The van der Waals surface area contributed by atoms with E-state index in [1.165, 1.54) is 5.56 Å². The molecule has 3 rings (SSSR count). The Morgan fingerprint density at radius 3 is 2.59 bits per heavy atom. The van der Waals surface area contributed by atoms with Gasteiger partial charge in [-0.25, -0.2) is 4.79 Å². The first-order valence-electron chi connectivity index (χ1n) is 9.02. The summed E-state index contributed by atoms with van der Waals surface area (Å²) in [6.07, 6.45) is 1.85. The molecule has 0 unspecified atom stereocenters. The van der Waals surface area contributed by atoms with Gasteiger partial charge in [0.1, 0.15) is 0 Å². The summed E-state index contributed by atoms with van der Waals surface area (Å²) >= 11 is 3.53. The average molecular weight is 428 g/mol. The number of amides is 1.